The highest BCUT2D eigenvalue weighted by Crippen LogP contribution is 2.56. The van der Waals surface area contributed by atoms with E-state index in [-0.39, 0.29) is 17.8 Å². The minimum atomic E-state index is -2.99. The van der Waals surface area contributed by atoms with Gasteiger partial charge in [-0.15, -0.1) is 0 Å². The van der Waals surface area contributed by atoms with Crippen molar-refractivity contribution in [2.24, 2.45) is 17.6 Å². The van der Waals surface area contributed by atoms with Gasteiger partial charge in [-0.1, -0.05) is 13.0 Å². The highest BCUT2D eigenvalue weighted by atomic mass is 16.4. The predicted molar refractivity (Wildman–Crippen MR) is 138 cm³/mol. The SMILES string of the molecule is CC1c2ccc(NC(=O)CN(C)C)c(O)c2C(O)=C2C(=O)C3(O)C(O)=C(C(N)=O)C(=O)[C@@H](N(C)C)C3C(O)C21. The molecule has 13 heteroatoms. The number of phenols is 1. The number of ketones is 2. The molecule has 0 radical (unpaired) electrons. The number of fused-ring (bicyclic) bond motifs is 3. The second-order valence-electron chi connectivity index (χ2n) is 10.8. The molecule has 4 rings (SSSR count). The van der Waals surface area contributed by atoms with E-state index in [9.17, 15) is 44.7 Å². The molecule has 3 aliphatic carbocycles. The van der Waals surface area contributed by atoms with Crippen molar-refractivity contribution in [1.82, 2.24) is 9.80 Å². The van der Waals surface area contributed by atoms with E-state index >= 15 is 0 Å². The Hall–Kier alpha value is -3.78. The van der Waals surface area contributed by atoms with Gasteiger partial charge < -0.3 is 41.5 Å². The van der Waals surface area contributed by atoms with Gasteiger partial charge in [0.25, 0.3) is 5.91 Å². The number of phenolic OH excluding ortho intramolecular Hbond substituents is 1. The second kappa shape index (κ2) is 9.45. The van der Waals surface area contributed by atoms with Crippen molar-refractivity contribution >= 4 is 34.8 Å². The number of nitrogens with two attached hydrogens (primary N) is 1. The minimum Gasteiger partial charge on any atom is -0.508 e. The Labute approximate surface area is 223 Å². The molecule has 0 saturated heterocycles. The summed E-state index contributed by atoms with van der Waals surface area (Å²) in [5.41, 5.74) is 0.921. The summed E-state index contributed by atoms with van der Waals surface area (Å²) in [7, 11) is 6.23. The van der Waals surface area contributed by atoms with Crippen LogP contribution in [0.3, 0.4) is 0 Å². The molecule has 39 heavy (non-hydrogen) atoms. The van der Waals surface area contributed by atoms with Crippen molar-refractivity contribution < 1.29 is 44.7 Å². The van der Waals surface area contributed by atoms with Crippen molar-refractivity contribution in [3.05, 3.63) is 40.2 Å². The standard InChI is InChI=1S/C26H32N4O9/c1-9-10-6-7-11(28-12(31)8-29(2)3)19(32)14(10)20(33)15-13(9)21(34)17-18(30(4)5)22(35)16(25(27)38)24(37)26(17,39)23(15)36/h6-7,9,13,17-18,21,32-34,37,39H,8H2,1-5H3,(H2,27,38)(H,28,31)/t9?,13?,17?,18-,21?,26?/m0/s1. The number of Topliss-reactive ketones (excluding diaryl/α,β-unsaturated/α-hetero) is 2. The first-order chi connectivity index (χ1) is 18.1. The van der Waals surface area contributed by atoms with Gasteiger partial charge >= 0.3 is 0 Å². The van der Waals surface area contributed by atoms with Gasteiger partial charge in [-0.3, -0.25) is 24.1 Å². The number of primary amides is 1. The van der Waals surface area contributed by atoms with Crippen molar-refractivity contribution in [3.8, 4) is 5.75 Å². The molecule has 0 spiro atoms. The highest BCUT2D eigenvalue weighted by Gasteiger charge is 2.68. The van der Waals surface area contributed by atoms with E-state index in [2.05, 4.69) is 5.32 Å². The zero-order valence-electron chi connectivity index (χ0n) is 22.1. The molecule has 3 aliphatic rings. The molecule has 13 nitrogen and oxygen atoms in total. The van der Waals surface area contributed by atoms with Crippen LogP contribution >= 0.6 is 0 Å². The van der Waals surface area contributed by atoms with Gasteiger partial charge in [-0.2, -0.15) is 0 Å². The number of likely N-dealkylation sites (N-methyl/N-ethyl adjacent to an activating group) is 2. The summed E-state index contributed by atoms with van der Waals surface area (Å²) >= 11 is 0. The monoisotopic (exact) mass is 544 g/mol. The zero-order valence-corrected chi connectivity index (χ0v) is 22.1. The third kappa shape index (κ3) is 3.92. The van der Waals surface area contributed by atoms with Crippen LogP contribution in [0.1, 0.15) is 24.0 Å². The largest absolute Gasteiger partial charge is 0.508 e. The molecule has 1 saturated carbocycles. The van der Waals surface area contributed by atoms with E-state index in [4.69, 9.17) is 5.73 Å². The number of nitrogens with zero attached hydrogens (tertiary/aromatic N) is 2. The molecule has 0 aliphatic heterocycles. The normalized spacial score (nSPS) is 30.3. The number of rotatable bonds is 5. The van der Waals surface area contributed by atoms with Crippen LogP contribution in [-0.4, -0.2) is 111 Å². The maximum absolute atomic E-state index is 14.0. The van der Waals surface area contributed by atoms with Crippen LogP contribution in [0.4, 0.5) is 5.69 Å². The van der Waals surface area contributed by atoms with Gasteiger partial charge in [0.2, 0.25) is 11.7 Å². The quantitative estimate of drug-likeness (QED) is 0.176. The first-order valence-corrected chi connectivity index (χ1v) is 12.2. The molecule has 6 atom stereocenters. The van der Waals surface area contributed by atoms with Crippen LogP contribution in [0.25, 0.3) is 5.76 Å². The van der Waals surface area contributed by atoms with Gasteiger partial charge in [-0.25, -0.2) is 0 Å². The van der Waals surface area contributed by atoms with Crippen molar-refractivity contribution in [2.45, 2.75) is 30.6 Å². The summed E-state index contributed by atoms with van der Waals surface area (Å²) in [6.07, 6.45) is -1.68. The van der Waals surface area contributed by atoms with Crippen LogP contribution < -0.4 is 11.1 Å². The summed E-state index contributed by atoms with van der Waals surface area (Å²) in [6, 6.07) is 1.52. The van der Waals surface area contributed by atoms with E-state index in [1.165, 1.54) is 31.1 Å². The number of amides is 2. The Balaban J connectivity index is 1.95. The van der Waals surface area contributed by atoms with Crippen molar-refractivity contribution in [2.75, 3.05) is 40.1 Å². The number of hydrogen-bond acceptors (Lipinski definition) is 11. The third-order valence-electron chi connectivity index (χ3n) is 7.86. The lowest BCUT2D eigenvalue weighted by atomic mass is 9.54. The van der Waals surface area contributed by atoms with Crippen LogP contribution in [0.15, 0.2) is 29.0 Å². The van der Waals surface area contributed by atoms with Crippen LogP contribution in [0.5, 0.6) is 5.75 Å². The molecule has 1 aromatic carbocycles. The highest BCUT2D eigenvalue weighted by molar-refractivity contribution is 6.24. The maximum Gasteiger partial charge on any atom is 0.255 e. The lowest BCUT2D eigenvalue weighted by Crippen LogP contribution is -2.70. The molecule has 5 unspecified atom stereocenters. The Morgan fingerprint density at radius 2 is 1.72 bits per heavy atom. The summed E-state index contributed by atoms with van der Waals surface area (Å²) < 4.78 is 0. The number of nitrogens with one attached hydrogen (secondary N) is 1. The Morgan fingerprint density at radius 3 is 2.26 bits per heavy atom. The Kier molecular flexibility index (Phi) is 6.84. The molecule has 0 heterocycles. The van der Waals surface area contributed by atoms with Crippen LogP contribution in [0, 0.1) is 11.8 Å². The molecule has 2 amide bonds. The number of benzene rings is 1. The topological polar surface area (TPSA) is 214 Å². The predicted octanol–water partition coefficient (Wildman–Crippen LogP) is -1.00. The smallest absolute Gasteiger partial charge is 0.255 e. The summed E-state index contributed by atoms with van der Waals surface area (Å²) in [6.45, 7) is 1.63. The van der Waals surface area contributed by atoms with Gasteiger partial charge in [0.05, 0.1) is 35.9 Å². The summed E-state index contributed by atoms with van der Waals surface area (Å²) in [4.78, 5) is 54.4. The maximum atomic E-state index is 14.0. The van der Waals surface area contributed by atoms with Gasteiger partial charge in [-0.05, 0) is 45.7 Å². The Bertz CT molecular complexity index is 1370. The lowest BCUT2D eigenvalue weighted by Gasteiger charge is -2.53. The summed E-state index contributed by atoms with van der Waals surface area (Å²) in [5, 5.41) is 59.1. The number of aliphatic hydroxyl groups excluding tert-OH is 3. The lowest BCUT2D eigenvalue weighted by molar-refractivity contribution is -0.169. The van der Waals surface area contributed by atoms with E-state index in [1.807, 2.05) is 0 Å². The number of aliphatic hydroxyl groups is 4. The molecule has 1 fully saturated rings. The number of hydrogen-bond donors (Lipinski definition) is 7. The van der Waals surface area contributed by atoms with Gasteiger partial charge in [0, 0.05) is 11.5 Å². The number of carbonyl (C=O) groups is 4. The first-order valence-electron chi connectivity index (χ1n) is 12.2. The fourth-order valence-electron chi connectivity index (χ4n) is 6.19. The van der Waals surface area contributed by atoms with Crippen molar-refractivity contribution in [3.63, 3.8) is 0 Å². The number of aromatic hydroxyl groups is 1. The van der Waals surface area contributed by atoms with Gasteiger partial charge in [0.1, 0.15) is 22.8 Å². The minimum absolute atomic E-state index is 0.000736. The first kappa shape index (κ1) is 28.2. The molecule has 1 aromatic rings. The summed E-state index contributed by atoms with van der Waals surface area (Å²) in [5.74, 6) is -10.2. The molecular weight excluding hydrogens is 512 g/mol. The average molecular weight is 545 g/mol. The van der Waals surface area contributed by atoms with E-state index in [1.54, 1.807) is 25.9 Å². The second-order valence-corrected chi connectivity index (χ2v) is 10.8. The Morgan fingerprint density at radius 1 is 1.10 bits per heavy atom. The van der Waals surface area contributed by atoms with E-state index in [0.29, 0.717) is 5.56 Å². The third-order valence-corrected chi connectivity index (χ3v) is 7.86. The molecule has 210 valence electrons. The van der Waals surface area contributed by atoms with Crippen molar-refractivity contribution in [1.29, 1.82) is 0 Å². The van der Waals surface area contributed by atoms with Gasteiger partial charge in [0.15, 0.2) is 11.4 Å². The molecule has 0 bridgehead atoms. The molecule has 0 aromatic heterocycles. The fourth-order valence-corrected chi connectivity index (χ4v) is 6.19. The number of anilines is 1. The fraction of sp³-hybridized carbons (Fsp3) is 0.462. The molecule has 8 N–H and O–H groups in total. The van der Waals surface area contributed by atoms with Crippen LogP contribution in [0.2, 0.25) is 0 Å². The van der Waals surface area contributed by atoms with Crippen LogP contribution in [-0.2, 0) is 19.2 Å². The molecular formula is C26H32N4O9. The zero-order chi connectivity index (χ0) is 29.3. The average Bonchev–Trinajstić information content (AvgIpc) is 2.82. The van der Waals surface area contributed by atoms with E-state index < -0.39 is 87.3 Å². The van der Waals surface area contributed by atoms with E-state index in [0.717, 1.165) is 0 Å². The number of carbonyl (C=O) groups excluding carboxylic acids is 4.